The quantitative estimate of drug-likeness (QED) is 0.822. The molecule has 0 saturated carbocycles. The molecule has 8 heteroatoms. The molecule has 1 aliphatic heterocycles. The van der Waals surface area contributed by atoms with Crippen molar-refractivity contribution < 1.29 is 23.9 Å². The molecule has 0 unspecified atom stereocenters. The maximum absolute atomic E-state index is 12.3. The Morgan fingerprint density at radius 2 is 2.25 bits per heavy atom. The fourth-order valence-corrected chi connectivity index (χ4v) is 4.15. The molecule has 3 rings (SSSR count). The van der Waals surface area contributed by atoms with Gasteiger partial charge in [0.15, 0.2) is 6.10 Å². The monoisotopic (exact) mass is 365 g/mol. The Hall–Kier alpha value is -2.19. The predicted molar refractivity (Wildman–Crippen MR) is 91.3 cm³/mol. The van der Waals surface area contributed by atoms with Crippen LogP contribution in [-0.4, -0.2) is 30.6 Å². The smallest absolute Gasteiger partial charge is 0.341 e. The molecule has 126 valence electrons. The Kier molecular flexibility index (Phi) is 4.96. The van der Waals surface area contributed by atoms with E-state index in [1.165, 1.54) is 22.7 Å². The number of anilines is 1. The normalized spacial score (nSPS) is 16.7. The van der Waals surface area contributed by atoms with Gasteiger partial charge in [0, 0.05) is 28.7 Å². The van der Waals surface area contributed by atoms with Crippen LogP contribution in [0, 0.1) is 0 Å². The summed E-state index contributed by atoms with van der Waals surface area (Å²) in [4.78, 5) is 36.7. The summed E-state index contributed by atoms with van der Waals surface area (Å²) in [5, 5.41) is 6.84. The first-order valence-corrected chi connectivity index (χ1v) is 9.19. The van der Waals surface area contributed by atoms with E-state index in [0.717, 1.165) is 10.4 Å². The number of nitrogens with one attached hydrogen (secondary N) is 1. The molecule has 0 bridgehead atoms. The zero-order valence-corrected chi connectivity index (χ0v) is 14.5. The Morgan fingerprint density at radius 3 is 2.88 bits per heavy atom. The number of cyclic esters (lactones) is 1. The molecule has 1 saturated heterocycles. The third kappa shape index (κ3) is 3.34. The van der Waals surface area contributed by atoms with Gasteiger partial charge < -0.3 is 14.8 Å². The highest BCUT2D eigenvalue weighted by atomic mass is 32.1. The van der Waals surface area contributed by atoms with Crippen molar-refractivity contribution in [3.05, 3.63) is 28.5 Å². The lowest BCUT2D eigenvalue weighted by molar-refractivity contribution is -0.146. The summed E-state index contributed by atoms with van der Waals surface area (Å²) in [6, 6.07) is 3.79. The lowest BCUT2D eigenvalue weighted by Gasteiger charge is -2.11. The molecule has 1 N–H and O–H groups in total. The van der Waals surface area contributed by atoms with Crippen LogP contribution in [0.15, 0.2) is 22.9 Å². The zero-order valence-electron chi connectivity index (χ0n) is 12.9. The van der Waals surface area contributed by atoms with Crippen molar-refractivity contribution >= 4 is 45.5 Å². The molecule has 0 aliphatic carbocycles. The SMILES string of the molecule is CCOC(=O)c1c(-c2cccs2)csc1NC(=O)[C@@H]1CCC(=O)O1. The molecule has 3 heterocycles. The minimum absolute atomic E-state index is 0.230. The summed E-state index contributed by atoms with van der Waals surface area (Å²) in [6.07, 6.45) is -0.226. The highest BCUT2D eigenvalue weighted by Crippen LogP contribution is 2.38. The number of ether oxygens (including phenoxy) is 2. The van der Waals surface area contributed by atoms with Crippen molar-refractivity contribution in [1.82, 2.24) is 0 Å². The molecular weight excluding hydrogens is 350 g/mol. The maximum Gasteiger partial charge on any atom is 0.341 e. The van der Waals surface area contributed by atoms with E-state index in [4.69, 9.17) is 9.47 Å². The van der Waals surface area contributed by atoms with Crippen LogP contribution < -0.4 is 5.32 Å². The van der Waals surface area contributed by atoms with E-state index in [9.17, 15) is 14.4 Å². The van der Waals surface area contributed by atoms with Crippen LogP contribution in [0.1, 0.15) is 30.1 Å². The molecule has 1 fully saturated rings. The number of esters is 2. The third-order valence-corrected chi connectivity index (χ3v) is 5.27. The predicted octanol–water partition coefficient (Wildman–Crippen LogP) is 3.30. The van der Waals surface area contributed by atoms with Crippen LogP contribution >= 0.6 is 22.7 Å². The summed E-state index contributed by atoms with van der Waals surface area (Å²) >= 11 is 2.75. The molecule has 1 amide bonds. The highest BCUT2D eigenvalue weighted by Gasteiger charge is 2.31. The second kappa shape index (κ2) is 7.14. The van der Waals surface area contributed by atoms with Crippen molar-refractivity contribution in [2.75, 3.05) is 11.9 Å². The number of carbonyl (C=O) groups is 3. The molecule has 0 spiro atoms. The van der Waals surface area contributed by atoms with Crippen LogP contribution in [-0.2, 0) is 19.1 Å². The fourth-order valence-electron chi connectivity index (χ4n) is 2.37. The third-order valence-electron chi connectivity index (χ3n) is 3.47. The zero-order chi connectivity index (χ0) is 17.1. The van der Waals surface area contributed by atoms with Crippen molar-refractivity contribution in [1.29, 1.82) is 0 Å². The van der Waals surface area contributed by atoms with Gasteiger partial charge in [-0.1, -0.05) is 6.07 Å². The molecule has 24 heavy (non-hydrogen) atoms. The second-order valence-electron chi connectivity index (χ2n) is 5.06. The lowest BCUT2D eigenvalue weighted by atomic mass is 10.1. The van der Waals surface area contributed by atoms with Crippen molar-refractivity contribution in [2.45, 2.75) is 25.9 Å². The molecule has 6 nitrogen and oxygen atoms in total. The van der Waals surface area contributed by atoms with Crippen LogP contribution in [0.4, 0.5) is 5.00 Å². The van der Waals surface area contributed by atoms with Crippen LogP contribution in [0.2, 0.25) is 0 Å². The Labute approximate surface area is 146 Å². The fraction of sp³-hybridized carbons (Fsp3) is 0.312. The minimum Gasteiger partial charge on any atom is -0.462 e. The molecule has 2 aromatic heterocycles. The van der Waals surface area contributed by atoms with Gasteiger partial charge in [0.2, 0.25) is 0 Å². The Balaban J connectivity index is 1.88. The van der Waals surface area contributed by atoms with Gasteiger partial charge in [0.1, 0.15) is 10.6 Å². The summed E-state index contributed by atoms with van der Waals surface area (Å²) in [5.41, 5.74) is 1.06. The van der Waals surface area contributed by atoms with Crippen molar-refractivity contribution in [2.24, 2.45) is 0 Å². The highest BCUT2D eigenvalue weighted by molar-refractivity contribution is 7.17. The van der Waals surface area contributed by atoms with Gasteiger partial charge in [-0.05, 0) is 18.4 Å². The molecule has 0 aromatic carbocycles. The Bertz CT molecular complexity index is 766. The molecule has 2 aromatic rings. The number of hydrogen-bond donors (Lipinski definition) is 1. The summed E-state index contributed by atoms with van der Waals surface area (Å²) in [7, 11) is 0. The standard InChI is InChI=1S/C16H15NO5S2/c1-2-21-16(20)13-9(11-4-3-7-23-11)8-24-15(13)17-14(19)10-5-6-12(18)22-10/h3-4,7-8,10H,2,5-6H2,1H3,(H,17,19)/t10-/m0/s1. The number of amides is 1. The van der Waals surface area contributed by atoms with Gasteiger partial charge in [-0.2, -0.15) is 0 Å². The molecule has 1 aliphatic rings. The molecular formula is C16H15NO5S2. The average molecular weight is 365 g/mol. The Morgan fingerprint density at radius 1 is 1.42 bits per heavy atom. The van der Waals surface area contributed by atoms with Crippen molar-refractivity contribution in [3.63, 3.8) is 0 Å². The van der Waals surface area contributed by atoms with E-state index in [1.54, 1.807) is 6.92 Å². The first-order chi connectivity index (χ1) is 11.6. The van der Waals surface area contributed by atoms with E-state index >= 15 is 0 Å². The van der Waals surface area contributed by atoms with E-state index in [1.807, 2.05) is 22.9 Å². The average Bonchev–Trinajstić information content (AvgIpc) is 3.26. The van der Waals surface area contributed by atoms with Crippen molar-refractivity contribution in [3.8, 4) is 10.4 Å². The first kappa shape index (κ1) is 16.7. The van der Waals surface area contributed by atoms with E-state index in [0.29, 0.717) is 17.0 Å². The van der Waals surface area contributed by atoms with Crippen LogP contribution in [0.5, 0.6) is 0 Å². The van der Waals surface area contributed by atoms with Gasteiger partial charge in [-0.3, -0.25) is 9.59 Å². The summed E-state index contributed by atoms with van der Waals surface area (Å²) in [6.45, 7) is 1.97. The topological polar surface area (TPSA) is 81.7 Å². The van der Waals surface area contributed by atoms with Gasteiger partial charge in [-0.15, -0.1) is 22.7 Å². The van der Waals surface area contributed by atoms with E-state index < -0.39 is 18.0 Å². The van der Waals surface area contributed by atoms with Gasteiger partial charge in [0.05, 0.1) is 6.61 Å². The number of carbonyl (C=O) groups excluding carboxylic acids is 3. The second-order valence-corrected chi connectivity index (χ2v) is 6.89. The van der Waals surface area contributed by atoms with Crippen LogP contribution in [0.3, 0.4) is 0 Å². The van der Waals surface area contributed by atoms with Gasteiger partial charge >= 0.3 is 11.9 Å². The first-order valence-electron chi connectivity index (χ1n) is 7.43. The maximum atomic E-state index is 12.3. The number of rotatable bonds is 5. The number of thiophene rings is 2. The van der Waals surface area contributed by atoms with Gasteiger partial charge in [-0.25, -0.2) is 4.79 Å². The molecule has 1 atom stereocenters. The van der Waals surface area contributed by atoms with Crippen LogP contribution in [0.25, 0.3) is 10.4 Å². The summed E-state index contributed by atoms with van der Waals surface area (Å²) in [5.74, 6) is -1.29. The van der Waals surface area contributed by atoms with E-state index in [2.05, 4.69) is 5.32 Å². The lowest BCUT2D eigenvalue weighted by Crippen LogP contribution is -2.27. The minimum atomic E-state index is -0.806. The number of hydrogen-bond acceptors (Lipinski definition) is 7. The van der Waals surface area contributed by atoms with Gasteiger partial charge in [0.25, 0.3) is 5.91 Å². The molecule has 0 radical (unpaired) electrons. The largest absolute Gasteiger partial charge is 0.462 e. The summed E-state index contributed by atoms with van der Waals surface area (Å²) < 4.78 is 10.1. The van der Waals surface area contributed by atoms with E-state index in [-0.39, 0.29) is 19.0 Å².